The molecule has 0 bridgehead atoms. The van der Waals surface area contributed by atoms with Crippen molar-refractivity contribution in [3.63, 3.8) is 0 Å². The van der Waals surface area contributed by atoms with Crippen molar-refractivity contribution in [3.05, 3.63) is 59.0 Å². The molecule has 2 amide bonds. The molecular weight excluding hydrogens is 460 g/mol. The molecule has 3 aromatic rings. The Morgan fingerprint density at radius 2 is 1.89 bits per heavy atom. The number of nitriles is 1. The highest BCUT2D eigenvalue weighted by molar-refractivity contribution is 5.95. The zero-order valence-corrected chi connectivity index (χ0v) is 18.8. The van der Waals surface area contributed by atoms with Gasteiger partial charge in [-0.1, -0.05) is 0 Å². The lowest BCUT2D eigenvalue weighted by Crippen LogP contribution is -2.40. The van der Waals surface area contributed by atoms with Gasteiger partial charge in [-0.15, -0.1) is 5.10 Å². The number of amides is 2. The molecule has 1 aliphatic carbocycles. The maximum Gasteiger partial charge on any atom is 0.333 e. The van der Waals surface area contributed by atoms with Gasteiger partial charge in [0.15, 0.2) is 0 Å². The smallest absolute Gasteiger partial charge is 0.333 e. The van der Waals surface area contributed by atoms with Crippen molar-refractivity contribution in [2.75, 3.05) is 0 Å². The van der Waals surface area contributed by atoms with E-state index in [1.54, 1.807) is 35.9 Å². The quantitative estimate of drug-likeness (QED) is 0.529. The summed E-state index contributed by atoms with van der Waals surface area (Å²) in [4.78, 5) is 24.4. The van der Waals surface area contributed by atoms with Crippen LogP contribution in [0.15, 0.2) is 36.7 Å². The van der Waals surface area contributed by atoms with E-state index in [9.17, 15) is 18.4 Å². The first kappa shape index (κ1) is 23.9. The van der Waals surface area contributed by atoms with Crippen molar-refractivity contribution in [2.45, 2.75) is 51.3 Å². The molecular formula is C23H23F2N7O3. The summed E-state index contributed by atoms with van der Waals surface area (Å²) in [5.41, 5.74) is 7.42. The second-order valence-corrected chi connectivity index (χ2v) is 8.25. The molecule has 35 heavy (non-hydrogen) atoms. The standard InChI is InChI=1S/C23H23F2N7O3/c1-13-18(11-28-32(13)16-6-2-14(10-26)3-7-16)21(34)29-15-4-8-17(9-5-15)35-22-19(20(27)33)12-31(30-22)23(24)25/h2-3,6-7,11-12,15,17,23H,4-5,8-9H2,1H3,(H2,27,33)(H,29,34). The lowest BCUT2D eigenvalue weighted by atomic mass is 9.92. The van der Waals surface area contributed by atoms with Crippen molar-refractivity contribution in [1.82, 2.24) is 24.9 Å². The van der Waals surface area contributed by atoms with Crippen molar-refractivity contribution >= 4 is 11.8 Å². The SMILES string of the molecule is Cc1c(C(=O)NC2CCC(Oc3nn(C(F)F)cc3C(N)=O)CC2)cnn1-c1ccc(C#N)cc1. The summed E-state index contributed by atoms with van der Waals surface area (Å²) in [5, 5.41) is 19.9. The number of carbonyl (C=O) groups excluding carboxylic acids is 2. The first-order valence-electron chi connectivity index (χ1n) is 11.0. The molecule has 0 saturated heterocycles. The Labute approximate surface area is 199 Å². The van der Waals surface area contributed by atoms with Gasteiger partial charge in [-0.05, 0) is 56.9 Å². The van der Waals surface area contributed by atoms with Gasteiger partial charge in [-0.2, -0.15) is 19.1 Å². The minimum atomic E-state index is -2.92. The molecule has 1 saturated carbocycles. The fourth-order valence-corrected chi connectivity index (χ4v) is 4.05. The van der Waals surface area contributed by atoms with Crippen molar-refractivity contribution in [1.29, 1.82) is 5.26 Å². The van der Waals surface area contributed by atoms with Crippen molar-refractivity contribution in [2.24, 2.45) is 5.73 Å². The van der Waals surface area contributed by atoms with Gasteiger partial charge >= 0.3 is 6.55 Å². The van der Waals surface area contributed by atoms with Crippen LogP contribution in [0.1, 0.15) is 64.2 Å². The fraction of sp³-hybridized carbons (Fsp3) is 0.348. The molecule has 3 N–H and O–H groups in total. The Morgan fingerprint density at radius 3 is 2.49 bits per heavy atom. The maximum absolute atomic E-state index is 12.9. The van der Waals surface area contributed by atoms with E-state index in [1.807, 2.05) is 0 Å². The van der Waals surface area contributed by atoms with Crippen LogP contribution in [0.5, 0.6) is 5.88 Å². The Kier molecular flexibility index (Phi) is 6.77. The minimum Gasteiger partial charge on any atom is -0.473 e. The number of benzene rings is 1. The minimum absolute atomic E-state index is 0.103. The number of carbonyl (C=O) groups is 2. The number of nitrogens with two attached hydrogens (primary N) is 1. The zero-order valence-electron chi connectivity index (χ0n) is 18.8. The molecule has 0 radical (unpaired) electrons. The number of alkyl halides is 2. The van der Waals surface area contributed by atoms with E-state index in [0.29, 0.717) is 47.2 Å². The van der Waals surface area contributed by atoms with Gasteiger partial charge in [-0.25, -0.2) is 9.36 Å². The highest BCUT2D eigenvalue weighted by Crippen LogP contribution is 2.27. The molecule has 12 heteroatoms. The number of aromatic nitrogens is 4. The normalized spacial score (nSPS) is 17.7. The monoisotopic (exact) mass is 483 g/mol. The second-order valence-electron chi connectivity index (χ2n) is 8.25. The number of nitrogens with zero attached hydrogens (tertiary/aromatic N) is 5. The van der Waals surface area contributed by atoms with Crippen LogP contribution in [0.4, 0.5) is 8.78 Å². The van der Waals surface area contributed by atoms with Crippen LogP contribution in [0.25, 0.3) is 5.69 Å². The molecule has 0 spiro atoms. The van der Waals surface area contributed by atoms with E-state index in [4.69, 9.17) is 15.7 Å². The van der Waals surface area contributed by atoms with Gasteiger partial charge in [0.05, 0.1) is 34.8 Å². The molecule has 182 valence electrons. The third kappa shape index (κ3) is 5.13. The Morgan fingerprint density at radius 1 is 1.20 bits per heavy atom. The van der Waals surface area contributed by atoms with Gasteiger partial charge in [0.25, 0.3) is 11.8 Å². The lowest BCUT2D eigenvalue weighted by molar-refractivity contribution is 0.0528. The van der Waals surface area contributed by atoms with Gasteiger partial charge in [0.2, 0.25) is 5.88 Å². The lowest BCUT2D eigenvalue weighted by Gasteiger charge is -2.29. The highest BCUT2D eigenvalue weighted by Gasteiger charge is 2.28. The Bertz CT molecular complexity index is 1270. The number of primary amides is 1. The van der Waals surface area contributed by atoms with Crippen LogP contribution < -0.4 is 15.8 Å². The predicted molar refractivity (Wildman–Crippen MR) is 119 cm³/mol. The number of ether oxygens (including phenoxy) is 1. The number of halogens is 2. The molecule has 1 aromatic carbocycles. The van der Waals surface area contributed by atoms with E-state index in [-0.39, 0.29) is 29.5 Å². The van der Waals surface area contributed by atoms with E-state index in [1.165, 1.54) is 6.20 Å². The van der Waals surface area contributed by atoms with Gasteiger partial charge in [0, 0.05) is 12.2 Å². The second kappa shape index (κ2) is 9.92. The molecule has 4 rings (SSSR count). The van der Waals surface area contributed by atoms with Crippen LogP contribution in [-0.4, -0.2) is 43.5 Å². The summed E-state index contributed by atoms with van der Waals surface area (Å²) in [6.07, 6.45) is 4.30. The molecule has 1 aliphatic rings. The van der Waals surface area contributed by atoms with E-state index in [0.717, 1.165) is 11.9 Å². The summed E-state index contributed by atoms with van der Waals surface area (Å²) >= 11 is 0. The van der Waals surface area contributed by atoms with Crippen molar-refractivity contribution in [3.8, 4) is 17.6 Å². The average Bonchev–Trinajstić information content (AvgIpc) is 3.44. The molecule has 2 heterocycles. The summed E-state index contributed by atoms with van der Waals surface area (Å²) in [5.74, 6) is -1.36. The van der Waals surface area contributed by atoms with E-state index in [2.05, 4.69) is 21.6 Å². The average molecular weight is 483 g/mol. The molecule has 1 fully saturated rings. The Hall–Kier alpha value is -4.27. The summed E-state index contributed by atoms with van der Waals surface area (Å²) in [6, 6.07) is 8.84. The summed E-state index contributed by atoms with van der Waals surface area (Å²) < 4.78 is 33.5. The number of nitrogens with one attached hydrogen (secondary N) is 1. The van der Waals surface area contributed by atoms with Crippen LogP contribution in [0, 0.1) is 18.3 Å². The maximum atomic E-state index is 12.9. The van der Waals surface area contributed by atoms with Crippen LogP contribution in [0.2, 0.25) is 0 Å². The number of rotatable bonds is 7. The third-order valence-electron chi connectivity index (χ3n) is 5.95. The van der Waals surface area contributed by atoms with Gasteiger partial charge < -0.3 is 15.8 Å². The summed E-state index contributed by atoms with van der Waals surface area (Å²) in [6.45, 7) is -1.12. The summed E-state index contributed by atoms with van der Waals surface area (Å²) in [7, 11) is 0. The van der Waals surface area contributed by atoms with Crippen LogP contribution in [-0.2, 0) is 0 Å². The largest absolute Gasteiger partial charge is 0.473 e. The van der Waals surface area contributed by atoms with Crippen LogP contribution in [0.3, 0.4) is 0 Å². The molecule has 0 atom stereocenters. The van der Waals surface area contributed by atoms with Gasteiger partial charge in [-0.3, -0.25) is 9.59 Å². The molecule has 0 unspecified atom stereocenters. The first-order chi connectivity index (χ1) is 16.8. The van der Waals surface area contributed by atoms with Crippen LogP contribution >= 0.6 is 0 Å². The van der Waals surface area contributed by atoms with E-state index >= 15 is 0 Å². The topological polar surface area (TPSA) is 141 Å². The first-order valence-corrected chi connectivity index (χ1v) is 11.0. The zero-order chi connectivity index (χ0) is 25.1. The molecule has 2 aromatic heterocycles. The highest BCUT2D eigenvalue weighted by atomic mass is 19.3. The third-order valence-corrected chi connectivity index (χ3v) is 5.95. The number of hydrogen-bond donors (Lipinski definition) is 2. The predicted octanol–water partition coefficient (Wildman–Crippen LogP) is 2.86. The van der Waals surface area contributed by atoms with Gasteiger partial charge in [0.1, 0.15) is 11.7 Å². The molecule has 0 aliphatic heterocycles. The fourth-order valence-electron chi connectivity index (χ4n) is 4.05. The number of hydrogen-bond acceptors (Lipinski definition) is 6. The Balaban J connectivity index is 1.35. The van der Waals surface area contributed by atoms with Crippen molar-refractivity contribution < 1.29 is 23.1 Å². The molecule has 10 nitrogen and oxygen atoms in total. The van der Waals surface area contributed by atoms with E-state index < -0.39 is 12.5 Å².